The largest absolute Gasteiger partial charge is 0.444 e. The van der Waals surface area contributed by atoms with Crippen LogP contribution in [-0.2, 0) is 4.74 Å². The maximum absolute atomic E-state index is 12.0. The molecule has 1 aliphatic rings. The summed E-state index contributed by atoms with van der Waals surface area (Å²) in [7, 11) is 0. The molecular formula is C12H22INO2. The zero-order chi connectivity index (χ0) is 12.3. The number of alkyl halides is 1. The Hall–Kier alpha value is 0. The Labute approximate surface area is 112 Å². The van der Waals surface area contributed by atoms with Gasteiger partial charge in [-0.3, -0.25) is 0 Å². The first-order valence-corrected chi connectivity index (χ1v) is 7.41. The lowest BCUT2D eigenvalue weighted by Gasteiger charge is -2.38. The first-order valence-electron chi connectivity index (χ1n) is 5.89. The minimum Gasteiger partial charge on any atom is -0.444 e. The van der Waals surface area contributed by atoms with Gasteiger partial charge in [0.25, 0.3) is 0 Å². The fourth-order valence-electron chi connectivity index (χ4n) is 1.88. The SMILES string of the molecule is CC1CCC(CI)CN1C(=O)OC(C)(C)C. The number of nitrogens with zero attached hydrogens (tertiary/aromatic N) is 1. The molecule has 0 aromatic heterocycles. The van der Waals surface area contributed by atoms with Gasteiger partial charge in [-0.1, -0.05) is 22.6 Å². The topological polar surface area (TPSA) is 29.5 Å². The van der Waals surface area contributed by atoms with E-state index in [0.717, 1.165) is 17.4 Å². The molecule has 4 heteroatoms. The van der Waals surface area contributed by atoms with E-state index in [-0.39, 0.29) is 6.09 Å². The summed E-state index contributed by atoms with van der Waals surface area (Å²) in [6, 6.07) is 0.314. The van der Waals surface area contributed by atoms with Crippen molar-refractivity contribution in [1.29, 1.82) is 0 Å². The predicted molar refractivity (Wildman–Crippen MR) is 74.0 cm³/mol. The van der Waals surface area contributed by atoms with Crippen molar-refractivity contribution >= 4 is 28.7 Å². The van der Waals surface area contributed by atoms with Gasteiger partial charge in [0.2, 0.25) is 0 Å². The van der Waals surface area contributed by atoms with E-state index in [1.807, 2.05) is 25.7 Å². The summed E-state index contributed by atoms with van der Waals surface area (Å²) in [6.07, 6.45) is 2.16. The van der Waals surface area contributed by atoms with E-state index in [4.69, 9.17) is 4.74 Å². The zero-order valence-corrected chi connectivity index (χ0v) is 12.8. The van der Waals surface area contributed by atoms with Crippen molar-refractivity contribution < 1.29 is 9.53 Å². The molecule has 16 heavy (non-hydrogen) atoms. The average molecular weight is 339 g/mol. The van der Waals surface area contributed by atoms with Crippen molar-refractivity contribution in [2.45, 2.75) is 52.2 Å². The fraction of sp³-hybridized carbons (Fsp3) is 0.917. The van der Waals surface area contributed by atoms with Crippen molar-refractivity contribution in [3.8, 4) is 0 Å². The molecule has 1 fully saturated rings. The van der Waals surface area contributed by atoms with Crippen LogP contribution in [-0.4, -0.2) is 33.6 Å². The third-order valence-corrected chi connectivity index (χ3v) is 4.07. The first kappa shape index (κ1) is 14.1. The Bertz CT molecular complexity index is 250. The number of amides is 1. The molecule has 1 aliphatic heterocycles. The van der Waals surface area contributed by atoms with Crippen molar-refractivity contribution in [3.63, 3.8) is 0 Å². The van der Waals surface area contributed by atoms with Crippen LogP contribution in [0.5, 0.6) is 0 Å². The second-order valence-corrected chi connectivity index (χ2v) is 6.46. The summed E-state index contributed by atoms with van der Waals surface area (Å²) < 4.78 is 6.54. The number of hydrogen-bond donors (Lipinski definition) is 0. The number of carbonyl (C=O) groups is 1. The molecule has 0 aromatic rings. The second kappa shape index (κ2) is 5.56. The van der Waals surface area contributed by atoms with Crippen LogP contribution in [0.2, 0.25) is 0 Å². The van der Waals surface area contributed by atoms with Crippen LogP contribution in [0, 0.1) is 5.92 Å². The summed E-state index contributed by atoms with van der Waals surface area (Å²) in [5, 5.41) is 0. The molecule has 1 heterocycles. The normalized spacial score (nSPS) is 26.7. The number of likely N-dealkylation sites (tertiary alicyclic amines) is 1. The molecule has 1 rings (SSSR count). The van der Waals surface area contributed by atoms with Gasteiger partial charge in [-0.2, -0.15) is 0 Å². The maximum Gasteiger partial charge on any atom is 0.410 e. The molecule has 3 nitrogen and oxygen atoms in total. The maximum atomic E-state index is 12.0. The standard InChI is InChI=1S/C12H22INO2/c1-9-5-6-10(7-13)8-14(9)11(15)16-12(2,3)4/h9-10H,5-8H2,1-4H3. The molecule has 0 saturated carbocycles. The molecular weight excluding hydrogens is 317 g/mol. The number of ether oxygens (including phenoxy) is 1. The third kappa shape index (κ3) is 4.11. The molecule has 2 atom stereocenters. The van der Waals surface area contributed by atoms with Gasteiger partial charge in [-0.05, 0) is 46.5 Å². The van der Waals surface area contributed by atoms with Gasteiger partial charge < -0.3 is 9.64 Å². The second-order valence-electron chi connectivity index (χ2n) is 5.58. The van der Waals surface area contributed by atoms with Crippen LogP contribution in [0.15, 0.2) is 0 Å². The lowest BCUT2D eigenvalue weighted by molar-refractivity contribution is 0.00699. The number of carbonyl (C=O) groups excluding carboxylic acids is 1. The molecule has 1 saturated heterocycles. The summed E-state index contributed by atoms with van der Waals surface area (Å²) in [5.41, 5.74) is -0.395. The van der Waals surface area contributed by atoms with Crippen LogP contribution >= 0.6 is 22.6 Å². The smallest absolute Gasteiger partial charge is 0.410 e. The highest BCUT2D eigenvalue weighted by Crippen LogP contribution is 2.25. The molecule has 2 unspecified atom stereocenters. The third-order valence-electron chi connectivity index (χ3n) is 2.83. The number of hydrogen-bond acceptors (Lipinski definition) is 2. The van der Waals surface area contributed by atoms with Crippen LogP contribution in [0.25, 0.3) is 0 Å². The van der Waals surface area contributed by atoms with E-state index >= 15 is 0 Å². The van der Waals surface area contributed by atoms with Gasteiger partial charge in [-0.15, -0.1) is 0 Å². The average Bonchev–Trinajstić information content (AvgIpc) is 2.15. The zero-order valence-electron chi connectivity index (χ0n) is 10.6. The molecule has 0 N–H and O–H groups in total. The lowest BCUT2D eigenvalue weighted by Crippen LogP contribution is -2.47. The summed E-state index contributed by atoms with van der Waals surface area (Å²) >= 11 is 2.40. The minimum absolute atomic E-state index is 0.158. The van der Waals surface area contributed by atoms with E-state index in [0.29, 0.717) is 12.0 Å². The predicted octanol–water partition coefficient (Wildman–Crippen LogP) is 3.46. The Balaban J connectivity index is 2.59. The highest BCUT2D eigenvalue weighted by atomic mass is 127. The van der Waals surface area contributed by atoms with Gasteiger partial charge in [0.1, 0.15) is 5.60 Å². The minimum atomic E-state index is -0.395. The molecule has 0 spiro atoms. The van der Waals surface area contributed by atoms with Crippen molar-refractivity contribution in [3.05, 3.63) is 0 Å². The van der Waals surface area contributed by atoms with Crippen molar-refractivity contribution in [1.82, 2.24) is 4.90 Å². The fourth-order valence-corrected chi connectivity index (χ4v) is 2.60. The molecule has 0 aliphatic carbocycles. The van der Waals surface area contributed by atoms with E-state index in [1.54, 1.807) is 0 Å². The number of piperidine rings is 1. The van der Waals surface area contributed by atoms with E-state index in [1.165, 1.54) is 6.42 Å². The number of halogens is 1. The lowest BCUT2D eigenvalue weighted by atomic mass is 9.95. The van der Waals surface area contributed by atoms with E-state index < -0.39 is 5.60 Å². The Morgan fingerprint density at radius 2 is 2.06 bits per heavy atom. The Morgan fingerprint density at radius 1 is 1.44 bits per heavy atom. The summed E-state index contributed by atoms with van der Waals surface area (Å²) in [4.78, 5) is 13.9. The van der Waals surface area contributed by atoms with Gasteiger partial charge in [-0.25, -0.2) is 4.79 Å². The first-order chi connectivity index (χ1) is 7.33. The molecule has 94 valence electrons. The molecule has 0 radical (unpaired) electrons. The van der Waals surface area contributed by atoms with Crippen LogP contribution < -0.4 is 0 Å². The molecule has 0 bridgehead atoms. The van der Waals surface area contributed by atoms with Gasteiger partial charge in [0.05, 0.1) is 0 Å². The van der Waals surface area contributed by atoms with Crippen molar-refractivity contribution in [2.75, 3.05) is 11.0 Å². The monoisotopic (exact) mass is 339 g/mol. The van der Waals surface area contributed by atoms with Crippen molar-refractivity contribution in [2.24, 2.45) is 5.92 Å². The highest BCUT2D eigenvalue weighted by molar-refractivity contribution is 14.1. The van der Waals surface area contributed by atoms with Crippen LogP contribution in [0.1, 0.15) is 40.5 Å². The quantitative estimate of drug-likeness (QED) is 0.541. The number of rotatable bonds is 1. The van der Waals surface area contributed by atoms with Gasteiger partial charge >= 0.3 is 6.09 Å². The molecule has 0 aromatic carbocycles. The highest BCUT2D eigenvalue weighted by Gasteiger charge is 2.31. The van der Waals surface area contributed by atoms with E-state index in [9.17, 15) is 4.79 Å². The Morgan fingerprint density at radius 3 is 2.56 bits per heavy atom. The van der Waals surface area contributed by atoms with E-state index in [2.05, 4.69) is 29.5 Å². The van der Waals surface area contributed by atoms with Gasteiger partial charge in [0, 0.05) is 17.0 Å². The van der Waals surface area contributed by atoms with Gasteiger partial charge in [0.15, 0.2) is 0 Å². The van der Waals surface area contributed by atoms with Crippen LogP contribution in [0.3, 0.4) is 0 Å². The summed E-state index contributed by atoms with van der Waals surface area (Å²) in [6.45, 7) is 8.69. The Kier molecular flexibility index (Phi) is 4.88. The summed E-state index contributed by atoms with van der Waals surface area (Å²) in [5.74, 6) is 0.629. The molecule has 1 amide bonds. The van der Waals surface area contributed by atoms with Crippen LogP contribution in [0.4, 0.5) is 4.79 Å².